The van der Waals surface area contributed by atoms with E-state index < -0.39 is 6.04 Å². The summed E-state index contributed by atoms with van der Waals surface area (Å²) in [6.45, 7) is 1.84. The molecule has 0 aromatic carbocycles. The number of allylic oxidation sites excluding steroid dienone is 1. The van der Waals surface area contributed by atoms with Crippen molar-refractivity contribution in [1.29, 1.82) is 0 Å². The van der Waals surface area contributed by atoms with Crippen LogP contribution in [0, 0.1) is 0 Å². The second-order valence-corrected chi connectivity index (χ2v) is 5.55. The SMILES string of the molecule is CC1=C(C(=O)Nc2ccccn2)[C@H](c2cccnc2)n2ncnc2N1. The first-order valence-electron chi connectivity index (χ1n) is 7.73. The van der Waals surface area contributed by atoms with E-state index in [1.807, 2.05) is 25.1 Å². The number of pyridine rings is 2. The molecular weight excluding hydrogens is 318 g/mol. The molecule has 1 aliphatic rings. The number of nitrogens with one attached hydrogen (secondary N) is 2. The molecule has 0 spiro atoms. The zero-order valence-electron chi connectivity index (χ0n) is 13.4. The maximum absolute atomic E-state index is 13.0. The molecular formula is C17H15N7O. The molecule has 4 rings (SSSR count). The van der Waals surface area contributed by atoms with E-state index >= 15 is 0 Å². The number of hydrogen-bond acceptors (Lipinski definition) is 6. The van der Waals surface area contributed by atoms with Crippen LogP contribution in [0.3, 0.4) is 0 Å². The van der Waals surface area contributed by atoms with Crippen molar-refractivity contribution >= 4 is 17.7 Å². The lowest BCUT2D eigenvalue weighted by Gasteiger charge is -2.28. The van der Waals surface area contributed by atoms with Crippen LogP contribution >= 0.6 is 0 Å². The monoisotopic (exact) mass is 333 g/mol. The fourth-order valence-electron chi connectivity index (χ4n) is 2.85. The number of nitrogens with zero attached hydrogens (tertiary/aromatic N) is 5. The molecule has 0 radical (unpaired) electrons. The summed E-state index contributed by atoms with van der Waals surface area (Å²) in [6, 6.07) is 8.67. The quantitative estimate of drug-likeness (QED) is 0.761. The van der Waals surface area contributed by atoms with Crippen LogP contribution in [0.4, 0.5) is 11.8 Å². The van der Waals surface area contributed by atoms with E-state index in [4.69, 9.17) is 0 Å². The number of hydrogen-bond donors (Lipinski definition) is 2. The molecule has 4 heterocycles. The second kappa shape index (κ2) is 6.16. The molecule has 1 atom stereocenters. The van der Waals surface area contributed by atoms with Gasteiger partial charge in [0.15, 0.2) is 0 Å². The Morgan fingerprint density at radius 1 is 1.20 bits per heavy atom. The number of fused-ring (bicyclic) bond motifs is 1. The van der Waals surface area contributed by atoms with Crippen LogP contribution in [-0.4, -0.2) is 30.6 Å². The van der Waals surface area contributed by atoms with Gasteiger partial charge in [0.2, 0.25) is 5.95 Å². The number of anilines is 2. The van der Waals surface area contributed by atoms with E-state index in [2.05, 4.69) is 30.7 Å². The molecule has 0 bridgehead atoms. The van der Waals surface area contributed by atoms with Crippen LogP contribution in [0.5, 0.6) is 0 Å². The van der Waals surface area contributed by atoms with Crippen LogP contribution in [0.2, 0.25) is 0 Å². The normalized spacial score (nSPS) is 16.1. The molecule has 124 valence electrons. The highest BCUT2D eigenvalue weighted by Crippen LogP contribution is 2.34. The maximum Gasteiger partial charge on any atom is 0.257 e. The number of rotatable bonds is 3. The zero-order valence-corrected chi connectivity index (χ0v) is 13.4. The minimum absolute atomic E-state index is 0.251. The van der Waals surface area contributed by atoms with Gasteiger partial charge in [-0.3, -0.25) is 9.78 Å². The minimum Gasteiger partial charge on any atom is -0.328 e. The fraction of sp³-hybridized carbons (Fsp3) is 0.118. The molecule has 0 unspecified atom stereocenters. The van der Waals surface area contributed by atoms with Gasteiger partial charge >= 0.3 is 0 Å². The summed E-state index contributed by atoms with van der Waals surface area (Å²) in [5.74, 6) is 0.821. The molecule has 8 nitrogen and oxygen atoms in total. The van der Waals surface area contributed by atoms with Crippen LogP contribution < -0.4 is 10.6 Å². The van der Waals surface area contributed by atoms with Gasteiger partial charge in [-0.1, -0.05) is 12.1 Å². The molecule has 3 aromatic rings. The van der Waals surface area contributed by atoms with Crippen molar-refractivity contribution in [2.45, 2.75) is 13.0 Å². The largest absolute Gasteiger partial charge is 0.328 e. The van der Waals surface area contributed by atoms with Gasteiger partial charge in [-0.2, -0.15) is 10.1 Å². The molecule has 1 amide bonds. The van der Waals surface area contributed by atoms with E-state index in [1.165, 1.54) is 6.33 Å². The molecule has 3 aromatic heterocycles. The first kappa shape index (κ1) is 15.0. The van der Waals surface area contributed by atoms with Crippen molar-refractivity contribution in [3.05, 3.63) is 72.1 Å². The van der Waals surface area contributed by atoms with E-state index in [0.29, 0.717) is 23.0 Å². The second-order valence-electron chi connectivity index (χ2n) is 5.55. The smallest absolute Gasteiger partial charge is 0.257 e. The van der Waals surface area contributed by atoms with Crippen molar-refractivity contribution in [3.63, 3.8) is 0 Å². The standard InChI is InChI=1S/C17H15N7O/c1-11-14(16(25)23-13-6-2-3-8-19-13)15(12-5-4-7-18-9-12)24-17(22-11)20-10-21-24/h2-10,15H,1H3,(H,19,23,25)(H,20,21,22)/t15-/m0/s1. The third kappa shape index (κ3) is 2.74. The predicted octanol–water partition coefficient (Wildman–Crippen LogP) is 2.00. The Morgan fingerprint density at radius 2 is 2.12 bits per heavy atom. The fourth-order valence-corrected chi connectivity index (χ4v) is 2.85. The van der Waals surface area contributed by atoms with Crippen LogP contribution in [0.1, 0.15) is 18.5 Å². The lowest BCUT2D eigenvalue weighted by Crippen LogP contribution is -2.31. The summed E-state index contributed by atoms with van der Waals surface area (Å²) < 4.78 is 1.68. The maximum atomic E-state index is 13.0. The van der Waals surface area contributed by atoms with Crippen molar-refractivity contribution in [2.24, 2.45) is 0 Å². The molecule has 0 saturated heterocycles. The van der Waals surface area contributed by atoms with Gasteiger partial charge in [0.05, 0.1) is 5.57 Å². The summed E-state index contributed by atoms with van der Waals surface area (Å²) in [4.78, 5) is 25.5. The highest BCUT2D eigenvalue weighted by Gasteiger charge is 2.33. The Kier molecular flexibility index (Phi) is 3.70. The Balaban J connectivity index is 1.77. The Labute approximate surface area is 143 Å². The first-order chi connectivity index (χ1) is 12.2. The van der Waals surface area contributed by atoms with Crippen LogP contribution in [0.15, 0.2) is 66.5 Å². The van der Waals surface area contributed by atoms with Gasteiger partial charge < -0.3 is 10.6 Å². The number of carbonyl (C=O) groups is 1. The lowest BCUT2D eigenvalue weighted by atomic mass is 9.96. The number of aromatic nitrogens is 5. The number of carbonyl (C=O) groups excluding carboxylic acids is 1. The molecule has 8 heteroatoms. The minimum atomic E-state index is -0.420. The summed E-state index contributed by atoms with van der Waals surface area (Å²) in [6.07, 6.45) is 6.50. The summed E-state index contributed by atoms with van der Waals surface area (Å²) >= 11 is 0. The summed E-state index contributed by atoms with van der Waals surface area (Å²) in [5.41, 5.74) is 2.10. The number of amides is 1. The summed E-state index contributed by atoms with van der Waals surface area (Å²) in [5, 5.41) is 10.2. The van der Waals surface area contributed by atoms with Gasteiger partial charge in [0, 0.05) is 24.3 Å². The van der Waals surface area contributed by atoms with Gasteiger partial charge in [0.1, 0.15) is 18.2 Å². The lowest BCUT2D eigenvalue weighted by molar-refractivity contribution is -0.113. The van der Waals surface area contributed by atoms with Gasteiger partial charge in [-0.25, -0.2) is 9.67 Å². The topological polar surface area (TPSA) is 97.6 Å². The van der Waals surface area contributed by atoms with Gasteiger partial charge in [0.25, 0.3) is 5.91 Å². The van der Waals surface area contributed by atoms with Crippen molar-refractivity contribution in [2.75, 3.05) is 10.6 Å². The van der Waals surface area contributed by atoms with E-state index in [1.54, 1.807) is 35.4 Å². The van der Waals surface area contributed by atoms with E-state index in [9.17, 15) is 4.79 Å². The highest BCUT2D eigenvalue weighted by atomic mass is 16.1. The Morgan fingerprint density at radius 3 is 2.88 bits per heavy atom. The average Bonchev–Trinajstić information content (AvgIpc) is 3.10. The molecule has 0 saturated carbocycles. The van der Waals surface area contributed by atoms with Crippen LogP contribution in [-0.2, 0) is 4.79 Å². The Hall–Kier alpha value is -3.55. The zero-order chi connectivity index (χ0) is 17.2. The Bertz CT molecular complexity index is 934. The molecule has 1 aliphatic heterocycles. The van der Waals surface area contributed by atoms with Crippen LogP contribution in [0.25, 0.3) is 0 Å². The third-order valence-electron chi connectivity index (χ3n) is 3.95. The summed E-state index contributed by atoms with van der Waals surface area (Å²) in [7, 11) is 0. The van der Waals surface area contributed by atoms with E-state index in [-0.39, 0.29) is 5.91 Å². The van der Waals surface area contributed by atoms with Crippen molar-refractivity contribution in [3.8, 4) is 0 Å². The van der Waals surface area contributed by atoms with Gasteiger partial charge in [-0.05, 0) is 30.7 Å². The predicted molar refractivity (Wildman–Crippen MR) is 91.6 cm³/mol. The highest BCUT2D eigenvalue weighted by molar-refractivity contribution is 6.05. The average molecular weight is 333 g/mol. The van der Waals surface area contributed by atoms with Crippen molar-refractivity contribution < 1.29 is 4.79 Å². The van der Waals surface area contributed by atoms with Crippen molar-refractivity contribution in [1.82, 2.24) is 24.7 Å². The third-order valence-corrected chi connectivity index (χ3v) is 3.95. The molecule has 2 N–H and O–H groups in total. The molecule has 25 heavy (non-hydrogen) atoms. The van der Waals surface area contributed by atoms with Gasteiger partial charge in [-0.15, -0.1) is 0 Å². The van der Waals surface area contributed by atoms with E-state index in [0.717, 1.165) is 5.56 Å². The first-order valence-corrected chi connectivity index (χ1v) is 7.73. The molecule has 0 aliphatic carbocycles. The molecule has 0 fully saturated rings.